The summed E-state index contributed by atoms with van der Waals surface area (Å²) < 4.78 is -0.234. The number of ketones is 1. The summed E-state index contributed by atoms with van der Waals surface area (Å²) >= 11 is 8.47. The molecule has 1 aromatic heterocycles. The average molecular weight is 376 g/mol. The van der Waals surface area contributed by atoms with Crippen LogP contribution in [0.1, 0.15) is 31.1 Å². The van der Waals surface area contributed by atoms with Crippen molar-refractivity contribution in [2.45, 2.75) is 30.9 Å². The van der Waals surface area contributed by atoms with E-state index in [1.165, 1.54) is 11.8 Å². The van der Waals surface area contributed by atoms with Gasteiger partial charge >= 0.3 is 0 Å². The Labute approximate surface area is 155 Å². The predicted molar refractivity (Wildman–Crippen MR) is 105 cm³/mol. The Morgan fingerprint density at radius 3 is 2.54 bits per heavy atom. The standard InChI is InChI=1S/C18H17NO2S3/c1-12(20)11-14(15-9-6-10-23-15)18(2)16(21)19(17(22)24-18)13-7-4-3-5-8-13/h3-10,14H,11H2,1-2H3/t14-,18-/m0/s1. The second-order valence-corrected chi connectivity index (χ2v) is 8.99. The van der Waals surface area contributed by atoms with E-state index < -0.39 is 4.75 Å². The molecule has 1 aliphatic heterocycles. The van der Waals surface area contributed by atoms with Crippen LogP contribution in [0.15, 0.2) is 47.8 Å². The molecule has 2 heterocycles. The van der Waals surface area contributed by atoms with E-state index in [1.54, 1.807) is 23.2 Å². The summed E-state index contributed by atoms with van der Waals surface area (Å²) in [7, 11) is 0. The van der Waals surface area contributed by atoms with Crippen LogP contribution in [-0.2, 0) is 9.59 Å². The number of hydrogen-bond donors (Lipinski definition) is 0. The van der Waals surface area contributed by atoms with Crippen molar-refractivity contribution < 1.29 is 9.59 Å². The lowest BCUT2D eigenvalue weighted by Crippen LogP contribution is -2.42. The highest BCUT2D eigenvalue weighted by atomic mass is 32.2. The van der Waals surface area contributed by atoms with Gasteiger partial charge in [0.05, 0.1) is 5.69 Å². The van der Waals surface area contributed by atoms with E-state index in [-0.39, 0.29) is 17.6 Å². The molecule has 1 amide bonds. The van der Waals surface area contributed by atoms with Crippen molar-refractivity contribution in [3.8, 4) is 0 Å². The van der Waals surface area contributed by atoms with Crippen LogP contribution in [-0.4, -0.2) is 20.8 Å². The molecule has 6 heteroatoms. The zero-order valence-corrected chi connectivity index (χ0v) is 15.8. The topological polar surface area (TPSA) is 37.4 Å². The van der Waals surface area contributed by atoms with Crippen LogP contribution in [0.2, 0.25) is 0 Å². The minimum absolute atomic E-state index is 0.0525. The summed E-state index contributed by atoms with van der Waals surface area (Å²) in [5.74, 6) is -0.158. The molecule has 1 aliphatic rings. The third-order valence-electron chi connectivity index (χ3n) is 4.17. The molecule has 1 fully saturated rings. The highest BCUT2D eigenvalue weighted by Gasteiger charge is 2.53. The SMILES string of the molecule is CC(=O)C[C@@H](c1cccs1)[C@]1(C)SC(=S)N(c2ccccc2)C1=O. The molecule has 0 spiro atoms. The molecule has 0 radical (unpaired) electrons. The average Bonchev–Trinajstić information content (AvgIpc) is 3.14. The van der Waals surface area contributed by atoms with Gasteiger partial charge in [-0.1, -0.05) is 48.2 Å². The number of amides is 1. The number of Topliss-reactive ketones (excluding diaryl/α,β-unsaturated/α-hetero) is 1. The lowest BCUT2D eigenvalue weighted by atomic mass is 9.86. The third kappa shape index (κ3) is 3.06. The number of thiophene rings is 1. The van der Waals surface area contributed by atoms with Crippen molar-refractivity contribution >= 4 is 57.0 Å². The number of carbonyl (C=O) groups is 2. The summed E-state index contributed by atoms with van der Waals surface area (Å²) in [4.78, 5) is 27.7. The van der Waals surface area contributed by atoms with Gasteiger partial charge in [0, 0.05) is 17.2 Å². The summed E-state index contributed by atoms with van der Waals surface area (Å²) in [5, 5.41) is 1.98. The minimum atomic E-state index is -0.774. The number of para-hydroxylation sites is 1. The molecule has 0 unspecified atom stereocenters. The summed E-state index contributed by atoms with van der Waals surface area (Å²) in [6.45, 7) is 3.48. The van der Waals surface area contributed by atoms with E-state index in [2.05, 4.69) is 0 Å². The van der Waals surface area contributed by atoms with E-state index in [1.807, 2.05) is 54.8 Å². The third-order valence-corrected chi connectivity index (χ3v) is 6.83. The zero-order chi connectivity index (χ0) is 17.3. The maximum absolute atomic E-state index is 13.3. The van der Waals surface area contributed by atoms with Crippen LogP contribution in [0, 0.1) is 0 Å². The van der Waals surface area contributed by atoms with E-state index >= 15 is 0 Å². The van der Waals surface area contributed by atoms with Gasteiger partial charge in [-0.3, -0.25) is 9.69 Å². The molecule has 3 nitrogen and oxygen atoms in total. The van der Waals surface area contributed by atoms with E-state index in [0.717, 1.165) is 10.6 Å². The Balaban J connectivity index is 2.01. The van der Waals surface area contributed by atoms with Crippen LogP contribution in [0.5, 0.6) is 0 Å². The Hall–Kier alpha value is -1.50. The van der Waals surface area contributed by atoms with Gasteiger partial charge in [-0.05, 0) is 37.4 Å². The Kier molecular flexibility index (Phi) is 4.90. The first-order chi connectivity index (χ1) is 11.4. The van der Waals surface area contributed by atoms with E-state index in [9.17, 15) is 9.59 Å². The molecule has 2 aromatic rings. The number of thioether (sulfide) groups is 1. The molecule has 1 saturated heterocycles. The van der Waals surface area contributed by atoms with Gasteiger partial charge in [0.2, 0.25) is 5.91 Å². The van der Waals surface area contributed by atoms with Crippen molar-refractivity contribution in [2.24, 2.45) is 0 Å². The zero-order valence-electron chi connectivity index (χ0n) is 13.4. The number of thiocarbonyl (C=S) groups is 1. The van der Waals surface area contributed by atoms with Crippen LogP contribution in [0.3, 0.4) is 0 Å². The van der Waals surface area contributed by atoms with Crippen molar-refractivity contribution in [3.05, 3.63) is 52.7 Å². The summed E-state index contributed by atoms with van der Waals surface area (Å²) in [6.07, 6.45) is 0.334. The molecular formula is C18H17NO2S3. The highest BCUT2D eigenvalue weighted by molar-refractivity contribution is 8.25. The number of nitrogens with zero attached hydrogens (tertiary/aromatic N) is 1. The van der Waals surface area contributed by atoms with Gasteiger partial charge in [-0.2, -0.15) is 0 Å². The lowest BCUT2D eigenvalue weighted by molar-refractivity contribution is -0.120. The fourth-order valence-electron chi connectivity index (χ4n) is 2.94. The van der Waals surface area contributed by atoms with Gasteiger partial charge in [-0.25, -0.2) is 0 Å². The van der Waals surface area contributed by atoms with E-state index in [0.29, 0.717) is 10.7 Å². The number of hydrogen-bond acceptors (Lipinski definition) is 5. The number of anilines is 1. The van der Waals surface area contributed by atoms with Gasteiger partial charge in [0.15, 0.2) is 0 Å². The quantitative estimate of drug-likeness (QED) is 0.714. The maximum atomic E-state index is 13.3. The van der Waals surface area contributed by atoms with Crippen molar-refractivity contribution in [3.63, 3.8) is 0 Å². The number of carbonyl (C=O) groups excluding carboxylic acids is 2. The number of benzene rings is 1. The van der Waals surface area contributed by atoms with Gasteiger partial charge in [0.1, 0.15) is 14.9 Å². The second-order valence-electron chi connectivity index (χ2n) is 5.93. The lowest BCUT2D eigenvalue weighted by Gasteiger charge is -2.30. The van der Waals surface area contributed by atoms with Gasteiger partial charge in [0.25, 0.3) is 0 Å². The summed E-state index contributed by atoms with van der Waals surface area (Å²) in [5.41, 5.74) is 0.775. The fourth-order valence-corrected chi connectivity index (χ4v) is 5.85. The van der Waals surface area contributed by atoms with E-state index in [4.69, 9.17) is 12.2 Å². The second kappa shape index (κ2) is 6.78. The van der Waals surface area contributed by atoms with Crippen molar-refractivity contribution in [2.75, 3.05) is 4.90 Å². The molecule has 24 heavy (non-hydrogen) atoms. The molecule has 0 aliphatic carbocycles. The van der Waals surface area contributed by atoms with Crippen LogP contribution < -0.4 is 4.90 Å². The van der Waals surface area contributed by atoms with Crippen LogP contribution in [0.25, 0.3) is 0 Å². The first-order valence-corrected chi connectivity index (χ1v) is 9.69. The number of rotatable bonds is 5. The predicted octanol–water partition coefficient (Wildman–Crippen LogP) is 4.63. The van der Waals surface area contributed by atoms with Crippen LogP contribution in [0.4, 0.5) is 5.69 Å². The maximum Gasteiger partial charge on any atom is 0.249 e. The van der Waals surface area contributed by atoms with Crippen LogP contribution >= 0.6 is 35.3 Å². The molecular weight excluding hydrogens is 358 g/mol. The monoisotopic (exact) mass is 375 g/mol. The largest absolute Gasteiger partial charge is 0.300 e. The molecule has 2 atom stereocenters. The smallest absolute Gasteiger partial charge is 0.249 e. The van der Waals surface area contributed by atoms with Crippen molar-refractivity contribution in [1.82, 2.24) is 0 Å². The Bertz CT molecular complexity index is 773. The Morgan fingerprint density at radius 1 is 1.25 bits per heavy atom. The van der Waals surface area contributed by atoms with Gasteiger partial charge in [-0.15, -0.1) is 11.3 Å². The molecule has 1 aromatic carbocycles. The van der Waals surface area contributed by atoms with Crippen molar-refractivity contribution in [1.29, 1.82) is 0 Å². The highest BCUT2D eigenvalue weighted by Crippen LogP contribution is 2.50. The molecule has 0 N–H and O–H groups in total. The Morgan fingerprint density at radius 2 is 1.96 bits per heavy atom. The molecule has 0 bridgehead atoms. The molecule has 124 valence electrons. The molecule has 3 rings (SSSR count). The first-order valence-electron chi connectivity index (χ1n) is 7.59. The van der Waals surface area contributed by atoms with Gasteiger partial charge < -0.3 is 4.79 Å². The summed E-state index contributed by atoms with van der Waals surface area (Å²) in [6, 6.07) is 13.4. The normalized spacial score (nSPS) is 22.0. The fraction of sp³-hybridized carbons (Fsp3) is 0.278. The molecule has 0 saturated carbocycles. The minimum Gasteiger partial charge on any atom is -0.300 e. The first kappa shape index (κ1) is 17.3.